The Morgan fingerprint density at radius 1 is 1.21 bits per heavy atom. The van der Waals surface area contributed by atoms with Gasteiger partial charge in [0.1, 0.15) is 0 Å². The first-order valence-electron chi connectivity index (χ1n) is 7.54. The maximum Gasteiger partial charge on any atom is 0.0790 e. The van der Waals surface area contributed by atoms with Gasteiger partial charge in [-0.1, -0.05) is 0 Å². The second-order valence-electron chi connectivity index (χ2n) is 7.13. The topological polar surface area (TPSA) is 44.7 Å². The highest BCUT2D eigenvalue weighted by Gasteiger charge is 2.53. The molecular weight excluding hydrogens is 240 g/mol. The first kappa shape index (κ1) is 15.2. The quantitative estimate of drug-likeness (QED) is 0.762. The van der Waals surface area contributed by atoms with Gasteiger partial charge in [0.25, 0.3) is 0 Å². The Hall–Kier alpha value is -0.160. The molecule has 2 aliphatic rings. The first-order valence-corrected chi connectivity index (χ1v) is 7.54. The van der Waals surface area contributed by atoms with E-state index in [2.05, 4.69) is 37.9 Å². The van der Waals surface area contributed by atoms with Gasteiger partial charge in [0.05, 0.1) is 17.8 Å². The first-order chi connectivity index (χ1) is 8.81. The molecule has 1 aliphatic carbocycles. The summed E-state index contributed by atoms with van der Waals surface area (Å²) < 4.78 is 6.28. The van der Waals surface area contributed by atoms with Gasteiger partial charge in [0, 0.05) is 31.1 Å². The van der Waals surface area contributed by atoms with Crippen LogP contribution in [0.4, 0.5) is 0 Å². The zero-order valence-corrected chi connectivity index (χ0v) is 13.1. The lowest BCUT2D eigenvalue weighted by atomic mass is 9.82. The van der Waals surface area contributed by atoms with E-state index in [1.807, 2.05) is 7.05 Å². The second-order valence-corrected chi connectivity index (χ2v) is 7.13. The van der Waals surface area contributed by atoms with Crippen LogP contribution in [0.3, 0.4) is 0 Å². The van der Waals surface area contributed by atoms with Crippen molar-refractivity contribution < 1.29 is 9.84 Å². The van der Waals surface area contributed by atoms with Crippen LogP contribution in [0.2, 0.25) is 0 Å². The van der Waals surface area contributed by atoms with Crippen molar-refractivity contribution in [3.05, 3.63) is 0 Å². The van der Waals surface area contributed by atoms with Crippen molar-refractivity contribution in [2.24, 2.45) is 5.92 Å². The normalized spacial score (nSPS) is 33.0. The van der Waals surface area contributed by atoms with Crippen LogP contribution >= 0.6 is 0 Å². The van der Waals surface area contributed by atoms with E-state index in [1.54, 1.807) is 0 Å². The van der Waals surface area contributed by atoms with Crippen LogP contribution in [0, 0.1) is 5.92 Å². The molecule has 0 amide bonds. The zero-order chi connectivity index (χ0) is 14.3. The Bertz CT molecular complexity index is 313. The van der Waals surface area contributed by atoms with E-state index >= 15 is 0 Å². The molecule has 0 radical (unpaired) electrons. The predicted octanol–water partition coefficient (Wildman–Crippen LogP) is 1.23. The average molecular weight is 270 g/mol. The summed E-state index contributed by atoms with van der Waals surface area (Å²) in [5.41, 5.74) is -0.267. The third kappa shape index (κ3) is 3.13. The third-order valence-corrected chi connectivity index (χ3v) is 4.76. The molecule has 2 N–H and O–H groups in total. The van der Waals surface area contributed by atoms with Crippen molar-refractivity contribution in [3.8, 4) is 0 Å². The maximum atomic E-state index is 9.25. The number of rotatable bonds is 6. The van der Waals surface area contributed by atoms with Crippen LogP contribution < -0.4 is 5.32 Å². The predicted molar refractivity (Wildman–Crippen MR) is 77.3 cm³/mol. The van der Waals surface area contributed by atoms with Crippen molar-refractivity contribution in [3.63, 3.8) is 0 Å². The van der Waals surface area contributed by atoms with Crippen LogP contribution in [0.5, 0.6) is 0 Å². The number of hydrogen-bond acceptors (Lipinski definition) is 4. The Kier molecular flexibility index (Phi) is 4.26. The van der Waals surface area contributed by atoms with Gasteiger partial charge in [-0.05, 0) is 47.6 Å². The highest BCUT2D eigenvalue weighted by Crippen LogP contribution is 2.43. The Morgan fingerprint density at radius 2 is 1.84 bits per heavy atom. The maximum absolute atomic E-state index is 9.25. The highest BCUT2D eigenvalue weighted by atomic mass is 16.5. The standard InChI is InChI=1S/C15H30N2O2/c1-14(2)12(13(16-5)15(3,4)19-14)10-17(8-9-18)11-6-7-11/h11-13,16,18H,6-10H2,1-5H3. The fraction of sp³-hybridized carbons (Fsp3) is 1.00. The summed E-state index contributed by atoms with van der Waals surface area (Å²) in [6.45, 7) is 10.8. The third-order valence-electron chi connectivity index (χ3n) is 4.76. The summed E-state index contributed by atoms with van der Waals surface area (Å²) in [5, 5.41) is 12.7. The van der Waals surface area contributed by atoms with E-state index in [0.29, 0.717) is 18.0 Å². The van der Waals surface area contributed by atoms with Gasteiger partial charge in [-0.3, -0.25) is 4.90 Å². The minimum Gasteiger partial charge on any atom is -0.395 e. The van der Waals surface area contributed by atoms with Crippen molar-refractivity contribution in [2.45, 2.75) is 63.8 Å². The van der Waals surface area contributed by atoms with E-state index in [-0.39, 0.29) is 17.8 Å². The van der Waals surface area contributed by atoms with Crippen LogP contribution in [0.25, 0.3) is 0 Å². The molecule has 1 saturated carbocycles. The zero-order valence-electron chi connectivity index (χ0n) is 13.1. The number of hydrogen-bond donors (Lipinski definition) is 2. The lowest BCUT2D eigenvalue weighted by molar-refractivity contribution is -0.0797. The molecule has 4 heteroatoms. The molecule has 1 aliphatic heterocycles. The Labute approximate surface area is 117 Å². The molecular formula is C15H30N2O2. The molecule has 2 atom stereocenters. The second kappa shape index (κ2) is 5.32. The van der Waals surface area contributed by atoms with Crippen LogP contribution in [0.1, 0.15) is 40.5 Å². The summed E-state index contributed by atoms with van der Waals surface area (Å²) in [5.74, 6) is 0.444. The molecule has 19 heavy (non-hydrogen) atoms. The Balaban J connectivity index is 2.11. The highest BCUT2D eigenvalue weighted by molar-refractivity contribution is 5.06. The monoisotopic (exact) mass is 270 g/mol. The molecule has 1 heterocycles. The number of aliphatic hydroxyl groups is 1. The minimum absolute atomic E-state index is 0.125. The van der Waals surface area contributed by atoms with Crippen molar-refractivity contribution in [1.29, 1.82) is 0 Å². The van der Waals surface area contributed by atoms with Gasteiger partial charge >= 0.3 is 0 Å². The van der Waals surface area contributed by atoms with Crippen molar-refractivity contribution >= 4 is 0 Å². The SMILES string of the molecule is CNC1C(CN(CCO)C2CC2)C(C)(C)OC1(C)C. The van der Waals surface area contributed by atoms with Crippen molar-refractivity contribution in [1.82, 2.24) is 10.2 Å². The van der Waals surface area contributed by atoms with Crippen LogP contribution in [-0.2, 0) is 4.74 Å². The molecule has 0 aromatic carbocycles. The number of nitrogens with one attached hydrogen (secondary N) is 1. The number of ether oxygens (including phenoxy) is 1. The van der Waals surface area contributed by atoms with Crippen molar-refractivity contribution in [2.75, 3.05) is 26.7 Å². The summed E-state index contributed by atoms with van der Waals surface area (Å²) in [7, 11) is 2.03. The van der Waals surface area contributed by atoms with E-state index in [4.69, 9.17) is 4.74 Å². The average Bonchev–Trinajstić information content (AvgIpc) is 3.06. The molecule has 0 spiro atoms. The number of likely N-dealkylation sites (N-methyl/N-ethyl adjacent to an activating group) is 1. The molecule has 0 aromatic heterocycles. The van der Waals surface area contributed by atoms with Gasteiger partial charge in [-0.15, -0.1) is 0 Å². The largest absolute Gasteiger partial charge is 0.395 e. The van der Waals surface area contributed by atoms with Gasteiger partial charge in [-0.2, -0.15) is 0 Å². The fourth-order valence-corrected chi connectivity index (χ4v) is 3.82. The number of nitrogens with zero attached hydrogens (tertiary/aromatic N) is 1. The summed E-state index contributed by atoms with van der Waals surface area (Å²) in [6, 6.07) is 1.03. The van der Waals surface area contributed by atoms with E-state index in [0.717, 1.165) is 13.1 Å². The molecule has 2 fully saturated rings. The molecule has 0 bridgehead atoms. The van der Waals surface area contributed by atoms with Gasteiger partial charge in [-0.25, -0.2) is 0 Å². The van der Waals surface area contributed by atoms with Crippen LogP contribution in [0.15, 0.2) is 0 Å². The Morgan fingerprint density at radius 3 is 2.32 bits per heavy atom. The molecule has 1 saturated heterocycles. The molecule has 0 aromatic rings. The van der Waals surface area contributed by atoms with Crippen LogP contribution in [-0.4, -0.2) is 60.0 Å². The minimum atomic E-state index is -0.142. The molecule has 2 rings (SSSR count). The molecule has 4 nitrogen and oxygen atoms in total. The fourth-order valence-electron chi connectivity index (χ4n) is 3.82. The number of aliphatic hydroxyl groups excluding tert-OH is 1. The smallest absolute Gasteiger partial charge is 0.0790 e. The summed E-state index contributed by atoms with van der Waals surface area (Å²) in [6.07, 6.45) is 2.56. The lowest BCUT2D eigenvalue weighted by Gasteiger charge is -2.34. The van der Waals surface area contributed by atoms with Gasteiger partial charge in [0.15, 0.2) is 0 Å². The molecule has 112 valence electrons. The van der Waals surface area contributed by atoms with E-state index in [9.17, 15) is 5.11 Å². The van der Waals surface area contributed by atoms with E-state index < -0.39 is 0 Å². The van der Waals surface area contributed by atoms with Gasteiger partial charge in [0.2, 0.25) is 0 Å². The van der Waals surface area contributed by atoms with Gasteiger partial charge < -0.3 is 15.2 Å². The summed E-state index contributed by atoms with van der Waals surface area (Å²) >= 11 is 0. The molecule has 2 unspecified atom stereocenters. The van der Waals surface area contributed by atoms with E-state index in [1.165, 1.54) is 12.8 Å². The lowest BCUT2D eigenvalue weighted by Crippen LogP contribution is -2.50. The summed E-state index contributed by atoms with van der Waals surface area (Å²) in [4.78, 5) is 2.45.